The van der Waals surface area contributed by atoms with Crippen molar-refractivity contribution in [1.82, 2.24) is 15.0 Å². The molecule has 1 heterocycles. The molecule has 0 aliphatic heterocycles. The van der Waals surface area contributed by atoms with Crippen molar-refractivity contribution < 1.29 is 4.74 Å². The number of hydrogen-bond donors (Lipinski definition) is 1. The summed E-state index contributed by atoms with van der Waals surface area (Å²) in [6, 6.07) is 0.332. The zero-order valence-electron chi connectivity index (χ0n) is 11.5. The molecular formula is C13H21ClN4O. The first-order chi connectivity index (χ1) is 9.17. The average molecular weight is 285 g/mol. The summed E-state index contributed by atoms with van der Waals surface area (Å²) in [7, 11) is 0. The fraction of sp³-hybridized carbons (Fsp3) is 0.769. The van der Waals surface area contributed by atoms with Crippen molar-refractivity contribution in [3.63, 3.8) is 0 Å². The van der Waals surface area contributed by atoms with Crippen LogP contribution in [-0.2, 0) is 0 Å². The lowest BCUT2D eigenvalue weighted by Gasteiger charge is -2.25. The van der Waals surface area contributed by atoms with Gasteiger partial charge in [-0.3, -0.25) is 0 Å². The van der Waals surface area contributed by atoms with Crippen LogP contribution < -0.4 is 10.1 Å². The molecule has 0 aromatic carbocycles. The maximum Gasteiger partial charge on any atom is 0.322 e. The standard InChI is InChI=1S/C13H21ClN4O/c1-3-8-15-12-16-11(14)17-13(18-12)19-10-6-4-9(2)5-7-10/h9-10H,3-8H2,1-2H3,(H,15,16,17,18). The summed E-state index contributed by atoms with van der Waals surface area (Å²) < 4.78 is 5.82. The number of aromatic nitrogens is 3. The number of ether oxygens (including phenoxy) is 1. The summed E-state index contributed by atoms with van der Waals surface area (Å²) >= 11 is 5.89. The van der Waals surface area contributed by atoms with E-state index in [2.05, 4.69) is 34.1 Å². The summed E-state index contributed by atoms with van der Waals surface area (Å²) in [5.41, 5.74) is 0. The van der Waals surface area contributed by atoms with Crippen LogP contribution in [0.1, 0.15) is 46.0 Å². The van der Waals surface area contributed by atoms with Gasteiger partial charge in [-0.15, -0.1) is 0 Å². The van der Waals surface area contributed by atoms with Crippen LogP contribution in [0.2, 0.25) is 5.28 Å². The second-order valence-electron chi connectivity index (χ2n) is 5.14. The minimum Gasteiger partial charge on any atom is -0.460 e. The largest absolute Gasteiger partial charge is 0.460 e. The second-order valence-corrected chi connectivity index (χ2v) is 5.48. The zero-order chi connectivity index (χ0) is 13.7. The summed E-state index contributed by atoms with van der Waals surface area (Å²) in [6.45, 7) is 5.17. The summed E-state index contributed by atoms with van der Waals surface area (Å²) in [5.74, 6) is 1.28. The molecule has 6 heteroatoms. The molecule has 1 aromatic rings. The number of nitrogens with one attached hydrogen (secondary N) is 1. The molecular weight excluding hydrogens is 264 g/mol. The molecule has 1 aromatic heterocycles. The first-order valence-electron chi connectivity index (χ1n) is 6.99. The molecule has 1 N–H and O–H groups in total. The molecule has 2 rings (SSSR count). The van der Waals surface area contributed by atoms with Crippen molar-refractivity contribution in [3.05, 3.63) is 5.28 Å². The van der Waals surface area contributed by atoms with Crippen molar-refractivity contribution in [1.29, 1.82) is 0 Å². The van der Waals surface area contributed by atoms with Crippen LogP contribution in [0.4, 0.5) is 5.95 Å². The Morgan fingerprint density at radius 1 is 1.21 bits per heavy atom. The van der Waals surface area contributed by atoms with E-state index in [1.165, 1.54) is 12.8 Å². The third-order valence-corrected chi connectivity index (χ3v) is 3.52. The topological polar surface area (TPSA) is 59.9 Å². The fourth-order valence-corrected chi connectivity index (χ4v) is 2.35. The Kier molecular flexibility index (Phi) is 5.19. The van der Waals surface area contributed by atoms with Crippen molar-refractivity contribution in [2.45, 2.75) is 52.1 Å². The van der Waals surface area contributed by atoms with Crippen LogP contribution in [-0.4, -0.2) is 27.6 Å². The second kappa shape index (κ2) is 6.89. The molecule has 0 spiro atoms. The van der Waals surface area contributed by atoms with Gasteiger partial charge in [-0.05, 0) is 49.6 Å². The average Bonchev–Trinajstić information content (AvgIpc) is 2.38. The van der Waals surface area contributed by atoms with Gasteiger partial charge in [0.2, 0.25) is 11.2 Å². The first-order valence-corrected chi connectivity index (χ1v) is 7.37. The molecule has 19 heavy (non-hydrogen) atoms. The lowest BCUT2D eigenvalue weighted by molar-refractivity contribution is 0.124. The van der Waals surface area contributed by atoms with Crippen LogP contribution in [0.5, 0.6) is 6.01 Å². The highest BCUT2D eigenvalue weighted by molar-refractivity contribution is 6.28. The van der Waals surface area contributed by atoms with Crippen LogP contribution in [0.3, 0.4) is 0 Å². The van der Waals surface area contributed by atoms with Gasteiger partial charge in [0.05, 0.1) is 0 Å². The van der Waals surface area contributed by atoms with Gasteiger partial charge in [0.15, 0.2) is 0 Å². The van der Waals surface area contributed by atoms with E-state index >= 15 is 0 Å². The van der Waals surface area contributed by atoms with Gasteiger partial charge in [0.1, 0.15) is 6.10 Å². The minimum atomic E-state index is 0.174. The highest BCUT2D eigenvalue weighted by atomic mass is 35.5. The molecule has 1 fully saturated rings. The summed E-state index contributed by atoms with van der Waals surface area (Å²) in [4.78, 5) is 12.3. The van der Waals surface area contributed by atoms with Gasteiger partial charge in [-0.25, -0.2) is 0 Å². The summed E-state index contributed by atoms with van der Waals surface area (Å²) in [5, 5.41) is 3.27. The van der Waals surface area contributed by atoms with Crippen LogP contribution >= 0.6 is 11.6 Å². The molecule has 1 saturated carbocycles. The smallest absolute Gasteiger partial charge is 0.322 e. The van der Waals surface area contributed by atoms with E-state index < -0.39 is 0 Å². The quantitative estimate of drug-likeness (QED) is 0.899. The van der Waals surface area contributed by atoms with Gasteiger partial charge < -0.3 is 10.1 Å². The van der Waals surface area contributed by atoms with Crippen LogP contribution in [0.25, 0.3) is 0 Å². The Labute approximate surface area is 119 Å². The number of nitrogens with zero attached hydrogens (tertiary/aromatic N) is 3. The third kappa shape index (κ3) is 4.49. The molecule has 5 nitrogen and oxygen atoms in total. The number of rotatable bonds is 5. The van der Waals surface area contributed by atoms with E-state index in [4.69, 9.17) is 16.3 Å². The van der Waals surface area contributed by atoms with Gasteiger partial charge in [0, 0.05) is 6.54 Å². The van der Waals surface area contributed by atoms with Crippen LogP contribution in [0.15, 0.2) is 0 Å². The number of halogens is 1. The van der Waals surface area contributed by atoms with Gasteiger partial charge >= 0.3 is 6.01 Å². The minimum absolute atomic E-state index is 0.174. The Balaban J connectivity index is 1.97. The molecule has 106 valence electrons. The predicted octanol–water partition coefficient (Wildman–Crippen LogP) is 3.30. The van der Waals surface area contributed by atoms with E-state index in [9.17, 15) is 0 Å². The maximum atomic E-state index is 5.89. The highest BCUT2D eigenvalue weighted by Gasteiger charge is 2.21. The molecule has 0 radical (unpaired) electrons. The SMILES string of the molecule is CCCNc1nc(Cl)nc(OC2CCC(C)CC2)n1. The molecule has 0 atom stereocenters. The third-order valence-electron chi connectivity index (χ3n) is 3.36. The molecule has 1 aliphatic rings. The lowest BCUT2D eigenvalue weighted by atomic mass is 9.89. The monoisotopic (exact) mass is 284 g/mol. The number of hydrogen-bond acceptors (Lipinski definition) is 5. The molecule has 0 amide bonds. The van der Waals surface area contributed by atoms with Crippen LogP contribution in [0, 0.1) is 5.92 Å². The van der Waals surface area contributed by atoms with E-state index in [0.29, 0.717) is 12.0 Å². The van der Waals surface area contributed by atoms with Crippen molar-refractivity contribution in [2.75, 3.05) is 11.9 Å². The predicted molar refractivity (Wildman–Crippen MR) is 75.7 cm³/mol. The Hall–Kier alpha value is -1.10. The van der Waals surface area contributed by atoms with E-state index in [1.807, 2.05) is 0 Å². The van der Waals surface area contributed by atoms with Crippen molar-refractivity contribution in [2.24, 2.45) is 5.92 Å². The van der Waals surface area contributed by atoms with Gasteiger partial charge in [-0.2, -0.15) is 15.0 Å². The number of anilines is 1. The van der Waals surface area contributed by atoms with Gasteiger partial charge in [0.25, 0.3) is 0 Å². The van der Waals surface area contributed by atoms with Crippen molar-refractivity contribution >= 4 is 17.5 Å². The van der Waals surface area contributed by atoms with Crippen molar-refractivity contribution in [3.8, 4) is 6.01 Å². The first kappa shape index (κ1) is 14.3. The lowest BCUT2D eigenvalue weighted by Crippen LogP contribution is -2.24. The zero-order valence-corrected chi connectivity index (χ0v) is 12.3. The molecule has 0 unspecified atom stereocenters. The molecule has 1 aliphatic carbocycles. The normalized spacial score (nSPS) is 23.1. The molecule has 0 saturated heterocycles. The van der Waals surface area contributed by atoms with Gasteiger partial charge in [-0.1, -0.05) is 13.8 Å². The maximum absolute atomic E-state index is 5.89. The fourth-order valence-electron chi connectivity index (χ4n) is 2.20. The van der Waals surface area contributed by atoms with E-state index in [-0.39, 0.29) is 11.4 Å². The summed E-state index contributed by atoms with van der Waals surface area (Å²) in [6.07, 6.45) is 5.72. The Bertz CT molecular complexity index is 408. The van der Waals surface area contributed by atoms with E-state index in [1.54, 1.807) is 0 Å². The Morgan fingerprint density at radius 3 is 2.63 bits per heavy atom. The Morgan fingerprint density at radius 2 is 1.95 bits per heavy atom. The van der Waals surface area contributed by atoms with E-state index in [0.717, 1.165) is 31.7 Å². The molecule has 0 bridgehead atoms. The highest BCUT2D eigenvalue weighted by Crippen LogP contribution is 2.26.